The van der Waals surface area contributed by atoms with Crippen molar-refractivity contribution in [3.05, 3.63) is 35.1 Å². The highest BCUT2D eigenvalue weighted by molar-refractivity contribution is 5.85. The second kappa shape index (κ2) is 5.27. The molecule has 2 rings (SSSR count). The average Bonchev–Trinajstić information content (AvgIpc) is 2.23. The molecule has 1 saturated heterocycles. The van der Waals surface area contributed by atoms with Crippen LogP contribution in [0.15, 0.2) is 12.1 Å². The molecule has 1 aromatic carbocycles. The van der Waals surface area contributed by atoms with Crippen LogP contribution in [0.25, 0.3) is 0 Å². The fourth-order valence-corrected chi connectivity index (χ4v) is 1.59. The fraction of sp³-hybridized carbons (Fsp3) is 0.300. The van der Waals surface area contributed by atoms with Crippen molar-refractivity contribution in [3.8, 4) is 0 Å². The fourth-order valence-electron chi connectivity index (χ4n) is 1.59. The van der Waals surface area contributed by atoms with E-state index >= 15 is 0 Å². The average molecular weight is 268 g/mol. The van der Waals surface area contributed by atoms with Gasteiger partial charge in [0.1, 0.15) is 5.82 Å². The Bertz CT molecular complexity index is 442. The normalized spacial score (nSPS) is 19.0. The lowest BCUT2D eigenvalue weighted by Gasteiger charge is -2.24. The largest absolute Gasteiger partial charge is 0.449 e. The van der Waals surface area contributed by atoms with Crippen molar-refractivity contribution in [2.75, 3.05) is 6.61 Å². The predicted molar refractivity (Wildman–Crippen MR) is 55.4 cm³/mol. The molecule has 1 heterocycles. The molecule has 0 saturated carbocycles. The van der Waals surface area contributed by atoms with E-state index in [2.05, 4.69) is 10.1 Å². The number of hydrogen-bond acceptors (Lipinski definition) is 2. The Balaban J connectivity index is 0.00000144. The van der Waals surface area contributed by atoms with Gasteiger partial charge in [0.25, 0.3) is 0 Å². The maximum absolute atomic E-state index is 13.4. The molecular weight excluding hydrogens is 259 g/mol. The van der Waals surface area contributed by atoms with Gasteiger partial charge >= 0.3 is 6.09 Å². The van der Waals surface area contributed by atoms with Crippen molar-refractivity contribution >= 4 is 18.5 Å². The maximum Gasteiger partial charge on any atom is 0.407 e. The van der Waals surface area contributed by atoms with E-state index in [9.17, 15) is 18.0 Å². The molecule has 1 aromatic rings. The van der Waals surface area contributed by atoms with Crippen molar-refractivity contribution in [3.63, 3.8) is 0 Å². The van der Waals surface area contributed by atoms with Gasteiger partial charge in [-0.1, -0.05) is 0 Å². The Morgan fingerprint density at radius 2 is 2.00 bits per heavy atom. The van der Waals surface area contributed by atoms with E-state index in [1.165, 1.54) is 0 Å². The minimum atomic E-state index is -1.27. The zero-order valence-corrected chi connectivity index (χ0v) is 9.32. The highest BCUT2D eigenvalue weighted by atomic mass is 35.5. The van der Waals surface area contributed by atoms with Crippen LogP contribution in [-0.4, -0.2) is 12.7 Å². The summed E-state index contributed by atoms with van der Waals surface area (Å²) in [5.41, 5.74) is -0.200. The first kappa shape index (κ1) is 13.6. The van der Waals surface area contributed by atoms with E-state index < -0.39 is 29.6 Å². The molecule has 1 atom stereocenters. The van der Waals surface area contributed by atoms with Crippen LogP contribution in [0.5, 0.6) is 0 Å². The first-order valence-electron chi connectivity index (χ1n) is 4.65. The molecule has 1 N–H and O–H groups in total. The number of carbonyl (C=O) groups excluding carboxylic acids is 1. The van der Waals surface area contributed by atoms with Crippen LogP contribution in [0.2, 0.25) is 0 Å². The third-order valence-corrected chi connectivity index (χ3v) is 2.33. The maximum atomic E-state index is 13.4. The number of nitrogens with one attached hydrogen (secondary N) is 1. The summed E-state index contributed by atoms with van der Waals surface area (Å²) in [7, 11) is 0. The van der Waals surface area contributed by atoms with Gasteiger partial charge in [0.05, 0.1) is 12.6 Å². The van der Waals surface area contributed by atoms with E-state index in [1.54, 1.807) is 0 Å². The zero-order chi connectivity index (χ0) is 11.7. The van der Waals surface area contributed by atoms with E-state index in [1.807, 2.05) is 0 Å². The van der Waals surface area contributed by atoms with E-state index in [0.717, 1.165) is 6.07 Å². The van der Waals surface area contributed by atoms with Gasteiger partial charge in [0.2, 0.25) is 0 Å². The predicted octanol–water partition coefficient (Wildman–Crippen LogP) is 2.70. The molecule has 0 radical (unpaired) electrons. The molecule has 0 unspecified atom stereocenters. The number of halogens is 4. The molecule has 0 aliphatic carbocycles. The Labute approximate surface area is 101 Å². The summed E-state index contributed by atoms with van der Waals surface area (Å²) in [4.78, 5) is 10.9. The third-order valence-electron chi connectivity index (χ3n) is 2.33. The number of hydrogen-bond donors (Lipinski definition) is 1. The van der Waals surface area contributed by atoms with Gasteiger partial charge in [0.15, 0.2) is 11.6 Å². The topological polar surface area (TPSA) is 38.3 Å². The highest BCUT2D eigenvalue weighted by Crippen LogP contribution is 2.25. The lowest BCUT2D eigenvalue weighted by Crippen LogP contribution is -2.35. The summed E-state index contributed by atoms with van der Waals surface area (Å²) in [6.07, 6.45) is -0.453. The van der Waals surface area contributed by atoms with Crippen LogP contribution in [-0.2, 0) is 4.74 Å². The summed E-state index contributed by atoms with van der Waals surface area (Å²) in [5.74, 6) is -3.29. The molecule has 3 nitrogen and oxygen atoms in total. The molecule has 0 bridgehead atoms. The number of alkyl carbamates (subject to hydrolysis) is 1. The van der Waals surface area contributed by atoms with Gasteiger partial charge in [-0.3, -0.25) is 0 Å². The van der Waals surface area contributed by atoms with Crippen molar-refractivity contribution in [2.24, 2.45) is 0 Å². The number of amides is 1. The molecule has 1 amide bonds. The molecule has 17 heavy (non-hydrogen) atoms. The van der Waals surface area contributed by atoms with Crippen molar-refractivity contribution in [1.29, 1.82) is 0 Å². The Morgan fingerprint density at radius 3 is 2.65 bits per heavy atom. The molecule has 7 heteroatoms. The number of ether oxygens (including phenoxy) is 1. The summed E-state index contributed by atoms with van der Waals surface area (Å²) < 4.78 is 43.8. The first-order valence-corrected chi connectivity index (χ1v) is 4.65. The first-order chi connectivity index (χ1) is 7.58. The van der Waals surface area contributed by atoms with Gasteiger partial charge in [-0.2, -0.15) is 0 Å². The highest BCUT2D eigenvalue weighted by Gasteiger charge is 2.25. The van der Waals surface area contributed by atoms with E-state index in [-0.39, 0.29) is 31.0 Å². The molecule has 1 fully saturated rings. The lowest BCUT2D eigenvalue weighted by molar-refractivity contribution is 0.114. The van der Waals surface area contributed by atoms with Gasteiger partial charge in [0, 0.05) is 18.1 Å². The molecule has 0 aromatic heterocycles. The third kappa shape index (κ3) is 2.82. The van der Waals surface area contributed by atoms with Crippen molar-refractivity contribution in [2.45, 2.75) is 12.5 Å². The number of cyclic esters (lactones) is 1. The molecule has 1 aliphatic rings. The number of carbonyl (C=O) groups is 1. The summed E-state index contributed by atoms with van der Waals surface area (Å²) in [6.45, 7) is 0.0913. The van der Waals surface area contributed by atoms with Crippen LogP contribution in [0.1, 0.15) is 18.0 Å². The monoisotopic (exact) mass is 267 g/mol. The molecule has 0 spiro atoms. The molecule has 1 aliphatic heterocycles. The smallest absolute Gasteiger partial charge is 0.407 e. The Morgan fingerprint density at radius 1 is 1.29 bits per heavy atom. The van der Waals surface area contributed by atoms with Gasteiger partial charge in [-0.15, -0.1) is 12.4 Å². The quantitative estimate of drug-likeness (QED) is 0.795. The number of benzene rings is 1. The summed E-state index contributed by atoms with van der Waals surface area (Å²) in [6, 6.07) is 0.570. The van der Waals surface area contributed by atoms with E-state index in [4.69, 9.17) is 0 Å². The number of rotatable bonds is 1. The minimum Gasteiger partial charge on any atom is -0.449 e. The van der Waals surface area contributed by atoms with Crippen LogP contribution in [0, 0.1) is 17.5 Å². The van der Waals surface area contributed by atoms with Gasteiger partial charge < -0.3 is 10.1 Å². The SMILES string of the molecule is Cl.O=C1N[C@@H](c2cc(F)cc(F)c2F)CCO1. The zero-order valence-electron chi connectivity index (χ0n) is 8.50. The van der Waals surface area contributed by atoms with Crippen molar-refractivity contribution in [1.82, 2.24) is 5.32 Å². The van der Waals surface area contributed by atoms with Crippen LogP contribution in [0.4, 0.5) is 18.0 Å². The van der Waals surface area contributed by atoms with E-state index in [0.29, 0.717) is 6.07 Å². The summed E-state index contributed by atoms with van der Waals surface area (Å²) in [5, 5.41) is 2.29. The van der Waals surface area contributed by atoms with Crippen LogP contribution >= 0.6 is 12.4 Å². The minimum absolute atomic E-state index is 0. The lowest BCUT2D eigenvalue weighted by atomic mass is 10.0. The van der Waals surface area contributed by atoms with Gasteiger partial charge in [-0.05, 0) is 6.07 Å². The Kier molecular flexibility index (Phi) is 4.22. The summed E-state index contributed by atoms with van der Waals surface area (Å²) >= 11 is 0. The van der Waals surface area contributed by atoms with Crippen LogP contribution < -0.4 is 5.32 Å². The van der Waals surface area contributed by atoms with Gasteiger partial charge in [-0.25, -0.2) is 18.0 Å². The second-order valence-corrected chi connectivity index (χ2v) is 3.41. The Hall–Kier alpha value is -1.43. The van der Waals surface area contributed by atoms with Crippen molar-refractivity contribution < 1.29 is 22.7 Å². The second-order valence-electron chi connectivity index (χ2n) is 3.41. The molecular formula is C10H9ClF3NO2. The molecule has 94 valence electrons. The standard InChI is InChI=1S/C10H8F3NO2.ClH/c11-5-3-6(9(13)7(12)4-5)8-1-2-16-10(15)14-8;/h3-4,8H,1-2H2,(H,14,15);1H/t8-;/m1./s1. The van der Waals surface area contributed by atoms with Crippen LogP contribution in [0.3, 0.4) is 0 Å².